The predicted molar refractivity (Wildman–Crippen MR) is 48.8 cm³/mol. The van der Waals surface area contributed by atoms with Gasteiger partial charge in [0.15, 0.2) is 0 Å². The van der Waals surface area contributed by atoms with Gasteiger partial charge in [0.2, 0.25) is 0 Å². The fourth-order valence-electron chi connectivity index (χ4n) is 1.08. The summed E-state index contributed by atoms with van der Waals surface area (Å²) in [5.74, 6) is -2.58. The van der Waals surface area contributed by atoms with Gasteiger partial charge in [-0.15, -0.1) is 0 Å². The van der Waals surface area contributed by atoms with E-state index in [1.165, 1.54) is 0 Å². The first kappa shape index (κ1) is 10.4. The van der Waals surface area contributed by atoms with E-state index in [0.29, 0.717) is 5.56 Å². The molecular formula is C10H9F2NO. The molecule has 0 saturated heterocycles. The Morgan fingerprint density at radius 2 is 1.93 bits per heavy atom. The van der Waals surface area contributed by atoms with Crippen molar-refractivity contribution in [2.75, 3.05) is 0 Å². The first-order valence-electron chi connectivity index (χ1n) is 3.93. The molecule has 1 amide bonds. The lowest BCUT2D eigenvalue weighted by atomic mass is 10.1. The van der Waals surface area contributed by atoms with Crippen LogP contribution in [0.3, 0.4) is 0 Å². The van der Waals surface area contributed by atoms with Crippen LogP contribution in [0.2, 0.25) is 0 Å². The number of carbonyl (C=O) groups is 1. The average molecular weight is 197 g/mol. The van der Waals surface area contributed by atoms with Crippen LogP contribution >= 0.6 is 0 Å². The van der Waals surface area contributed by atoms with Crippen LogP contribution in [0.1, 0.15) is 15.9 Å². The molecule has 2 nitrogen and oxygen atoms in total. The number of carbonyl (C=O) groups excluding carboxylic acids is 1. The minimum atomic E-state index is -0.873. The Balaban J connectivity index is 3.20. The molecule has 0 bridgehead atoms. The summed E-state index contributed by atoms with van der Waals surface area (Å²) in [6.07, 6.45) is 1.07. The molecule has 0 fully saturated rings. The Hall–Kier alpha value is -1.71. The van der Waals surface area contributed by atoms with Crippen LogP contribution in [-0.4, -0.2) is 5.91 Å². The van der Waals surface area contributed by atoms with E-state index in [-0.39, 0.29) is 0 Å². The molecular weight excluding hydrogens is 188 g/mol. The van der Waals surface area contributed by atoms with Gasteiger partial charge in [-0.05, 0) is 30.8 Å². The molecule has 1 aromatic carbocycles. The van der Waals surface area contributed by atoms with Crippen molar-refractivity contribution >= 4 is 5.91 Å². The topological polar surface area (TPSA) is 29.1 Å². The molecule has 74 valence electrons. The standard InChI is InChI=1S/C10H9F2NO/c1-3-13-10(14)9-7(11)4-6(2)5-8(9)12/h3-5H,1H2,2H3,(H,13,14). The fourth-order valence-corrected chi connectivity index (χ4v) is 1.08. The maximum absolute atomic E-state index is 13.1. The van der Waals surface area contributed by atoms with Crippen molar-refractivity contribution in [1.82, 2.24) is 5.32 Å². The van der Waals surface area contributed by atoms with Gasteiger partial charge in [-0.25, -0.2) is 8.78 Å². The zero-order valence-corrected chi connectivity index (χ0v) is 7.60. The lowest BCUT2D eigenvalue weighted by Gasteiger charge is -2.04. The highest BCUT2D eigenvalue weighted by atomic mass is 19.1. The Morgan fingerprint density at radius 3 is 2.36 bits per heavy atom. The molecule has 0 saturated carbocycles. The van der Waals surface area contributed by atoms with Crippen molar-refractivity contribution in [1.29, 1.82) is 0 Å². The highest BCUT2D eigenvalue weighted by Crippen LogP contribution is 2.14. The summed E-state index contributed by atoms with van der Waals surface area (Å²) in [6.45, 7) is 4.77. The lowest BCUT2D eigenvalue weighted by Crippen LogP contribution is -2.20. The summed E-state index contributed by atoms with van der Waals surface area (Å²) in [5, 5.41) is 2.11. The first-order chi connectivity index (χ1) is 6.56. The molecule has 0 spiro atoms. The summed E-state index contributed by atoms with van der Waals surface area (Å²) < 4.78 is 26.3. The Labute approximate surface area is 80.2 Å². The number of nitrogens with one attached hydrogen (secondary N) is 1. The van der Waals surface area contributed by atoms with Gasteiger partial charge >= 0.3 is 0 Å². The van der Waals surface area contributed by atoms with Crippen molar-refractivity contribution in [2.24, 2.45) is 0 Å². The largest absolute Gasteiger partial charge is 0.329 e. The van der Waals surface area contributed by atoms with E-state index in [1.54, 1.807) is 6.92 Å². The van der Waals surface area contributed by atoms with Gasteiger partial charge in [-0.3, -0.25) is 4.79 Å². The van der Waals surface area contributed by atoms with E-state index >= 15 is 0 Å². The molecule has 0 heterocycles. The number of halogens is 2. The van der Waals surface area contributed by atoms with Crippen molar-refractivity contribution in [3.05, 3.63) is 47.7 Å². The molecule has 0 aromatic heterocycles. The molecule has 1 N–H and O–H groups in total. The van der Waals surface area contributed by atoms with Crippen molar-refractivity contribution in [3.8, 4) is 0 Å². The third kappa shape index (κ3) is 1.96. The molecule has 0 aliphatic rings. The van der Waals surface area contributed by atoms with Gasteiger partial charge < -0.3 is 5.32 Å². The van der Waals surface area contributed by atoms with E-state index in [0.717, 1.165) is 18.3 Å². The minimum Gasteiger partial charge on any atom is -0.329 e. The van der Waals surface area contributed by atoms with Crippen LogP contribution in [0.5, 0.6) is 0 Å². The van der Waals surface area contributed by atoms with Crippen molar-refractivity contribution in [2.45, 2.75) is 6.92 Å². The van der Waals surface area contributed by atoms with E-state index in [4.69, 9.17) is 0 Å². The summed E-state index contributed by atoms with van der Waals surface area (Å²) in [5.41, 5.74) is -0.161. The summed E-state index contributed by atoms with van der Waals surface area (Å²) in [7, 11) is 0. The Morgan fingerprint density at radius 1 is 1.43 bits per heavy atom. The average Bonchev–Trinajstić information content (AvgIpc) is 2.01. The molecule has 0 unspecified atom stereocenters. The van der Waals surface area contributed by atoms with Gasteiger partial charge in [-0.2, -0.15) is 0 Å². The zero-order chi connectivity index (χ0) is 10.7. The lowest BCUT2D eigenvalue weighted by molar-refractivity contribution is 0.0962. The monoisotopic (exact) mass is 197 g/mol. The van der Waals surface area contributed by atoms with Gasteiger partial charge in [0.25, 0.3) is 5.91 Å². The number of hydrogen-bond acceptors (Lipinski definition) is 1. The summed E-state index contributed by atoms with van der Waals surface area (Å²) in [6, 6.07) is 2.20. The maximum atomic E-state index is 13.1. The van der Waals surface area contributed by atoms with Gasteiger partial charge in [-0.1, -0.05) is 6.58 Å². The quantitative estimate of drug-likeness (QED) is 0.773. The smallest absolute Gasteiger partial charge is 0.261 e. The number of rotatable bonds is 2. The summed E-state index contributed by atoms with van der Waals surface area (Å²) in [4.78, 5) is 11.1. The van der Waals surface area contributed by atoms with E-state index in [2.05, 4.69) is 11.9 Å². The van der Waals surface area contributed by atoms with Crippen LogP contribution in [-0.2, 0) is 0 Å². The maximum Gasteiger partial charge on any atom is 0.261 e. The second-order valence-electron chi connectivity index (χ2n) is 2.78. The van der Waals surface area contributed by atoms with E-state index in [1.807, 2.05) is 0 Å². The zero-order valence-electron chi connectivity index (χ0n) is 7.60. The first-order valence-corrected chi connectivity index (χ1v) is 3.93. The van der Waals surface area contributed by atoms with E-state index < -0.39 is 23.1 Å². The minimum absolute atomic E-state index is 0.426. The second kappa shape index (κ2) is 4.00. The van der Waals surface area contributed by atoms with E-state index in [9.17, 15) is 13.6 Å². The highest BCUT2D eigenvalue weighted by Gasteiger charge is 2.16. The molecule has 1 aromatic rings. The normalized spacial score (nSPS) is 9.64. The molecule has 4 heteroatoms. The van der Waals surface area contributed by atoms with Crippen molar-refractivity contribution < 1.29 is 13.6 Å². The number of hydrogen-bond donors (Lipinski definition) is 1. The molecule has 0 radical (unpaired) electrons. The predicted octanol–water partition coefficient (Wildman–Crippen LogP) is 2.15. The molecule has 0 aliphatic carbocycles. The van der Waals surface area contributed by atoms with Gasteiger partial charge in [0.1, 0.15) is 17.2 Å². The molecule has 14 heavy (non-hydrogen) atoms. The fraction of sp³-hybridized carbons (Fsp3) is 0.100. The third-order valence-corrected chi connectivity index (χ3v) is 1.65. The van der Waals surface area contributed by atoms with Crippen LogP contribution < -0.4 is 5.32 Å². The van der Waals surface area contributed by atoms with Crippen molar-refractivity contribution in [3.63, 3.8) is 0 Å². The highest BCUT2D eigenvalue weighted by molar-refractivity contribution is 5.95. The Kier molecular flexibility index (Phi) is 2.96. The molecule has 0 atom stereocenters. The number of benzene rings is 1. The van der Waals surface area contributed by atoms with Crippen LogP contribution in [0.25, 0.3) is 0 Å². The van der Waals surface area contributed by atoms with Gasteiger partial charge in [0.05, 0.1) is 0 Å². The Bertz CT molecular complexity index is 365. The van der Waals surface area contributed by atoms with Gasteiger partial charge in [0, 0.05) is 0 Å². The molecule has 0 aliphatic heterocycles. The molecule has 1 rings (SSSR count). The SMILES string of the molecule is C=CNC(=O)c1c(F)cc(C)cc1F. The second-order valence-corrected chi connectivity index (χ2v) is 2.78. The number of aryl methyl sites for hydroxylation is 1. The van der Waals surface area contributed by atoms with Crippen LogP contribution in [0, 0.1) is 18.6 Å². The summed E-state index contributed by atoms with van der Waals surface area (Å²) >= 11 is 0. The van der Waals surface area contributed by atoms with Crippen LogP contribution in [0.4, 0.5) is 8.78 Å². The van der Waals surface area contributed by atoms with Crippen LogP contribution in [0.15, 0.2) is 24.9 Å². The number of amides is 1. The third-order valence-electron chi connectivity index (χ3n) is 1.65.